The third kappa shape index (κ3) is 3.74. The third-order valence-electron chi connectivity index (χ3n) is 5.43. The molecule has 2 saturated heterocycles. The Balaban J connectivity index is 1.36. The highest BCUT2D eigenvalue weighted by molar-refractivity contribution is 5.75. The van der Waals surface area contributed by atoms with E-state index in [2.05, 4.69) is 17.1 Å². The highest BCUT2D eigenvalue weighted by atomic mass is 16.5. The zero-order valence-corrected chi connectivity index (χ0v) is 13.8. The minimum atomic E-state index is 0.0996. The van der Waals surface area contributed by atoms with Gasteiger partial charge in [0.15, 0.2) is 0 Å². The highest BCUT2D eigenvalue weighted by Crippen LogP contribution is 2.39. The van der Waals surface area contributed by atoms with Crippen LogP contribution in [0.15, 0.2) is 0 Å². The van der Waals surface area contributed by atoms with Gasteiger partial charge < -0.3 is 19.7 Å². The minimum absolute atomic E-state index is 0.0996. The van der Waals surface area contributed by atoms with Gasteiger partial charge in [0.25, 0.3) is 0 Å². The normalized spacial score (nSPS) is 34.7. The predicted molar refractivity (Wildman–Crippen MR) is 84.9 cm³/mol. The van der Waals surface area contributed by atoms with Crippen molar-refractivity contribution < 1.29 is 14.3 Å². The van der Waals surface area contributed by atoms with E-state index >= 15 is 0 Å². The lowest BCUT2D eigenvalue weighted by Crippen LogP contribution is -2.48. The van der Waals surface area contributed by atoms with E-state index in [-0.39, 0.29) is 12.1 Å². The Morgan fingerprint density at radius 3 is 2.95 bits per heavy atom. The number of ether oxygens (including phenoxy) is 2. The second-order valence-electron chi connectivity index (χ2n) is 7.05. The summed E-state index contributed by atoms with van der Waals surface area (Å²) >= 11 is 0. The van der Waals surface area contributed by atoms with E-state index < -0.39 is 0 Å². The van der Waals surface area contributed by atoms with Crippen molar-refractivity contribution in [3.63, 3.8) is 0 Å². The second-order valence-corrected chi connectivity index (χ2v) is 7.05. The molecule has 5 nitrogen and oxygen atoms in total. The molecule has 0 spiro atoms. The molecule has 0 radical (unpaired) electrons. The Bertz CT molecular complexity index is 371. The van der Waals surface area contributed by atoms with Crippen LogP contribution in [-0.4, -0.2) is 55.5 Å². The molecule has 0 aromatic heterocycles. The number of urea groups is 1. The van der Waals surface area contributed by atoms with Gasteiger partial charge in [0.1, 0.15) is 0 Å². The quantitative estimate of drug-likeness (QED) is 0.794. The maximum Gasteiger partial charge on any atom is 0.317 e. The smallest absolute Gasteiger partial charge is 0.317 e. The zero-order valence-electron chi connectivity index (χ0n) is 13.8. The molecular formula is C17H30N2O3. The van der Waals surface area contributed by atoms with Crippen LogP contribution in [0, 0.1) is 5.92 Å². The molecule has 3 fully saturated rings. The molecule has 22 heavy (non-hydrogen) atoms. The SMILES string of the molecule is CC1CC2CCCCC2N1C(=O)NCCOCC1CCCO1. The van der Waals surface area contributed by atoms with Crippen molar-refractivity contribution in [2.45, 2.75) is 70.1 Å². The van der Waals surface area contributed by atoms with Gasteiger partial charge in [0, 0.05) is 25.2 Å². The first-order valence-corrected chi connectivity index (χ1v) is 9.01. The molecule has 4 unspecified atom stereocenters. The summed E-state index contributed by atoms with van der Waals surface area (Å²) in [5.41, 5.74) is 0. The number of nitrogens with zero attached hydrogens (tertiary/aromatic N) is 1. The van der Waals surface area contributed by atoms with Crippen molar-refractivity contribution in [3.8, 4) is 0 Å². The fraction of sp³-hybridized carbons (Fsp3) is 0.941. The number of likely N-dealkylation sites (tertiary alicyclic amines) is 1. The molecular weight excluding hydrogens is 280 g/mol. The molecule has 2 aliphatic heterocycles. The Labute approximate surface area is 133 Å². The van der Waals surface area contributed by atoms with Crippen LogP contribution >= 0.6 is 0 Å². The first-order valence-electron chi connectivity index (χ1n) is 9.01. The molecule has 3 aliphatic rings. The summed E-state index contributed by atoms with van der Waals surface area (Å²) in [7, 11) is 0. The molecule has 2 heterocycles. The second kappa shape index (κ2) is 7.64. The van der Waals surface area contributed by atoms with Crippen LogP contribution in [0.5, 0.6) is 0 Å². The van der Waals surface area contributed by atoms with E-state index in [1.165, 1.54) is 32.1 Å². The van der Waals surface area contributed by atoms with Crippen LogP contribution in [0.1, 0.15) is 51.9 Å². The van der Waals surface area contributed by atoms with Crippen molar-refractivity contribution in [1.29, 1.82) is 0 Å². The molecule has 2 amide bonds. The van der Waals surface area contributed by atoms with Crippen molar-refractivity contribution >= 4 is 6.03 Å². The Morgan fingerprint density at radius 2 is 2.14 bits per heavy atom. The predicted octanol–water partition coefficient (Wildman–Crippen LogP) is 2.54. The van der Waals surface area contributed by atoms with E-state index in [4.69, 9.17) is 9.47 Å². The fourth-order valence-electron chi connectivity index (χ4n) is 4.37. The minimum Gasteiger partial charge on any atom is -0.377 e. The summed E-state index contributed by atoms with van der Waals surface area (Å²) in [5.74, 6) is 0.727. The maximum atomic E-state index is 12.5. The summed E-state index contributed by atoms with van der Waals surface area (Å²) in [6.45, 7) is 4.86. The lowest BCUT2D eigenvalue weighted by molar-refractivity contribution is 0.0184. The molecule has 1 aliphatic carbocycles. The molecule has 5 heteroatoms. The first-order chi connectivity index (χ1) is 10.8. The van der Waals surface area contributed by atoms with Crippen molar-refractivity contribution in [2.75, 3.05) is 26.4 Å². The van der Waals surface area contributed by atoms with Crippen LogP contribution < -0.4 is 5.32 Å². The fourth-order valence-corrected chi connectivity index (χ4v) is 4.37. The number of hydrogen-bond acceptors (Lipinski definition) is 3. The highest BCUT2D eigenvalue weighted by Gasteiger charge is 2.42. The van der Waals surface area contributed by atoms with Crippen molar-refractivity contribution in [2.24, 2.45) is 5.92 Å². The average Bonchev–Trinajstić information content (AvgIpc) is 3.13. The van der Waals surface area contributed by atoms with E-state index in [1.54, 1.807) is 0 Å². The Hall–Kier alpha value is -0.810. The lowest BCUT2D eigenvalue weighted by atomic mass is 9.85. The number of fused-ring (bicyclic) bond motifs is 1. The molecule has 3 rings (SSSR count). The summed E-state index contributed by atoms with van der Waals surface area (Å²) in [4.78, 5) is 14.6. The van der Waals surface area contributed by atoms with Crippen molar-refractivity contribution in [3.05, 3.63) is 0 Å². The van der Waals surface area contributed by atoms with Crippen molar-refractivity contribution in [1.82, 2.24) is 10.2 Å². The third-order valence-corrected chi connectivity index (χ3v) is 5.43. The van der Waals surface area contributed by atoms with Gasteiger partial charge in [-0.1, -0.05) is 12.8 Å². The van der Waals surface area contributed by atoms with Crippen LogP contribution in [-0.2, 0) is 9.47 Å². The Morgan fingerprint density at radius 1 is 1.27 bits per heavy atom. The summed E-state index contributed by atoms with van der Waals surface area (Å²) in [6.07, 6.45) is 8.75. The van der Waals surface area contributed by atoms with Gasteiger partial charge in [-0.3, -0.25) is 0 Å². The summed E-state index contributed by atoms with van der Waals surface area (Å²) in [5, 5.41) is 3.03. The summed E-state index contributed by atoms with van der Waals surface area (Å²) in [6, 6.07) is 0.945. The molecule has 126 valence electrons. The number of amides is 2. The van der Waals surface area contributed by atoms with Crippen LogP contribution in [0.25, 0.3) is 0 Å². The van der Waals surface area contributed by atoms with E-state index in [0.717, 1.165) is 25.4 Å². The van der Waals surface area contributed by atoms with Gasteiger partial charge in [0.2, 0.25) is 0 Å². The van der Waals surface area contributed by atoms with E-state index in [9.17, 15) is 4.79 Å². The molecule has 1 saturated carbocycles. The molecule has 0 aromatic rings. The van der Waals surface area contributed by atoms with Crippen LogP contribution in [0.3, 0.4) is 0 Å². The number of rotatable bonds is 5. The van der Waals surface area contributed by atoms with Gasteiger partial charge >= 0.3 is 6.03 Å². The molecule has 0 aromatic carbocycles. The van der Waals surface area contributed by atoms with Gasteiger partial charge in [-0.05, 0) is 44.9 Å². The van der Waals surface area contributed by atoms with E-state index in [0.29, 0.717) is 31.8 Å². The molecule has 1 N–H and O–H groups in total. The largest absolute Gasteiger partial charge is 0.377 e. The van der Waals surface area contributed by atoms with Gasteiger partial charge in [-0.15, -0.1) is 0 Å². The standard InChI is InChI=1S/C17H30N2O3/c1-13-11-14-5-2-3-7-16(14)19(13)17(20)18-8-10-21-12-15-6-4-9-22-15/h13-16H,2-12H2,1H3,(H,18,20). The lowest BCUT2D eigenvalue weighted by Gasteiger charge is -2.33. The van der Waals surface area contributed by atoms with E-state index in [1.807, 2.05) is 0 Å². The average molecular weight is 310 g/mol. The van der Waals surface area contributed by atoms with Crippen LogP contribution in [0.4, 0.5) is 4.79 Å². The van der Waals surface area contributed by atoms with Gasteiger partial charge in [-0.25, -0.2) is 4.79 Å². The first kappa shape index (κ1) is 16.1. The summed E-state index contributed by atoms with van der Waals surface area (Å²) < 4.78 is 11.1. The number of carbonyl (C=O) groups is 1. The van der Waals surface area contributed by atoms with Gasteiger partial charge in [0.05, 0.1) is 19.3 Å². The maximum absolute atomic E-state index is 12.5. The number of carbonyl (C=O) groups excluding carboxylic acids is 1. The molecule has 4 atom stereocenters. The van der Waals surface area contributed by atoms with Crippen LogP contribution in [0.2, 0.25) is 0 Å². The van der Waals surface area contributed by atoms with Gasteiger partial charge in [-0.2, -0.15) is 0 Å². The zero-order chi connectivity index (χ0) is 15.4. The topological polar surface area (TPSA) is 50.8 Å². The number of nitrogens with one attached hydrogen (secondary N) is 1. The molecule has 0 bridgehead atoms. The Kier molecular flexibility index (Phi) is 5.58. The number of hydrogen-bond donors (Lipinski definition) is 1. The monoisotopic (exact) mass is 310 g/mol.